The van der Waals surface area contributed by atoms with Crippen LogP contribution in [0.1, 0.15) is 36.4 Å². The molecule has 2 aromatic carbocycles. The molecular formula is C30H35F2N3O2. The lowest BCUT2D eigenvalue weighted by molar-refractivity contribution is 0.0707. The number of hydrogen-bond acceptors (Lipinski definition) is 5. The normalized spacial score (nSPS) is 19.0. The van der Waals surface area contributed by atoms with Crippen molar-refractivity contribution in [2.45, 2.75) is 25.3 Å². The molecular weight excluding hydrogens is 472 g/mol. The lowest BCUT2D eigenvalue weighted by atomic mass is 9.81. The number of halogens is 2. The van der Waals surface area contributed by atoms with Crippen LogP contribution in [0.4, 0.5) is 8.78 Å². The van der Waals surface area contributed by atoms with Crippen molar-refractivity contribution in [1.29, 1.82) is 0 Å². The van der Waals surface area contributed by atoms with Gasteiger partial charge in [-0.15, -0.1) is 0 Å². The van der Waals surface area contributed by atoms with Gasteiger partial charge in [0.25, 0.3) is 0 Å². The first-order chi connectivity index (χ1) is 17.9. The molecule has 1 saturated heterocycles. The number of pyridine rings is 1. The van der Waals surface area contributed by atoms with Gasteiger partial charge in [-0.1, -0.05) is 11.8 Å². The first kappa shape index (κ1) is 27.0. The number of aliphatic hydroxyl groups excluding tert-OH is 1. The zero-order valence-corrected chi connectivity index (χ0v) is 21.8. The van der Waals surface area contributed by atoms with E-state index in [9.17, 15) is 13.9 Å². The van der Waals surface area contributed by atoms with Crippen LogP contribution in [0.5, 0.6) is 5.75 Å². The second kappa shape index (κ2) is 12.5. The number of nitrogens with zero attached hydrogens (tertiary/aromatic N) is 3. The van der Waals surface area contributed by atoms with E-state index < -0.39 is 11.6 Å². The van der Waals surface area contributed by atoms with Gasteiger partial charge in [0.05, 0.1) is 19.2 Å². The average molecular weight is 508 g/mol. The summed E-state index contributed by atoms with van der Waals surface area (Å²) in [6.45, 7) is 2.28. The van der Waals surface area contributed by atoms with Crippen LogP contribution in [0.25, 0.3) is 10.9 Å². The van der Waals surface area contributed by atoms with Gasteiger partial charge in [0, 0.05) is 42.4 Å². The molecule has 3 aromatic rings. The predicted octanol–water partition coefficient (Wildman–Crippen LogP) is 4.89. The molecule has 7 heteroatoms. The van der Waals surface area contributed by atoms with Crippen molar-refractivity contribution in [2.24, 2.45) is 11.8 Å². The number of hydrogen-bond donors (Lipinski definition) is 1. The highest BCUT2D eigenvalue weighted by Crippen LogP contribution is 2.35. The fourth-order valence-electron chi connectivity index (χ4n) is 5.39. The van der Waals surface area contributed by atoms with E-state index in [-0.39, 0.29) is 18.6 Å². The maximum atomic E-state index is 13.4. The molecule has 0 spiro atoms. The van der Waals surface area contributed by atoms with Crippen LogP contribution in [0.3, 0.4) is 0 Å². The SMILES string of the molecule is COc1ccc2nccc(C(CC[C@@H]3CCN(CC#Cc4cc(F)cc(F)c4)C[C@@H]3CO)N(C)C)c2c1. The quantitative estimate of drug-likeness (QED) is 0.440. The van der Waals surface area contributed by atoms with Gasteiger partial charge in [-0.2, -0.15) is 0 Å². The van der Waals surface area contributed by atoms with E-state index in [4.69, 9.17) is 4.74 Å². The minimum Gasteiger partial charge on any atom is -0.497 e. The third-order valence-corrected chi connectivity index (χ3v) is 7.38. The number of methoxy groups -OCH3 is 1. The Hall–Kier alpha value is -3.05. The molecule has 1 aliphatic heterocycles. The molecule has 1 aliphatic rings. The minimum atomic E-state index is -0.625. The van der Waals surface area contributed by atoms with Crippen LogP contribution in [0.15, 0.2) is 48.7 Å². The van der Waals surface area contributed by atoms with Gasteiger partial charge in [0.15, 0.2) is 0 Å². The summed E-state index contributed by atoms with van der Waals surface area (Å²) < 4.78 is 32.2. The van der Waals surface area contributed by atoms with Gasteiger partial charge < -0.3 is 14.7 Å². The molecule has 37 heavy (non-hydrogen) atoms. The van der Waals surface area contributed by atoms with Crippen LogP contribution in [0, 0.1) is 35.3 Å². The number of benzene rings is 2. The van der Waals surface area contributed by atoms with Crippen molar-refractivity contribution in [3.05, 3.63) is 71.4 Å². The number of aliphatic hydroxyl groups is 1. The predicted molar refractivity (Wildman–Crippen MR) is 142 cm³/mol. The molecule has 2 heterocycles. The fraction of sp³-hybridized carbons (Fsp3) is 0.433. The van der Waals surface area contributed by atoms with Gasteiger partial charge in [-0.3, -0.25) is 9.88 Å². The fourth-order valence-corrected chi connectivity index (χ4v) is 5.39. The van der Waals surface area contributed by atoms with Crippen molar-refractivity contribution in [3.8, 4) is 17.6 Å². The molecule has 3 atom stereocenters. The second-order valence-corrected chi connectivity index (χ2v) is 10.0. The molecule has 0 radical (unpaired) electrons. The Kier molecular flexibility index (Phi) is 9.09. The number of ether oxygens (including phenoxy) is 1. The van der Waals surface area contributed by atoms with Gasteiger partial charge in [-0.25, -0.2) is 8.78 Å². The number of likely N-dealkylation sites (tertiary alicyclic amines) is 1. The van der Waals surface area contributed by atoms with Crippen molar-refractivity contribution in [3.63, 3.8) is 0 Å². The van der Waals surface area contributed by atoms with Crippen molar-refractivity contribution in [2.75, 3.05) is 47.4 Å². The van der Waals surface area contributed by atoms with Crippen molar-refractivity contribution < 1.29 is 18.6 Å². The molecule has 0 bridgehead atoms. The first-order valence-electron chi connectivity index (χ1n) is 12.7. The van der Waals surface area contributed by atoms with Crippen LogP contribution >= 0.6 is 0 Å². The van der Waals surface area contributed by atoms with E-state index in [1.54, 1.807) is 7.11 Å². The Morgan fingerprint density at radius 3 is 2.62 bits per heavy atom. The summed E-state index contributed by atoms with van der Waals surface area (Å²) in [5, 5.41) is 11.3. The Balaban J connectivity index is 1.40. The molecule has 0 amide bonds. The molecule has 0 saturated carbocycles. The van der Waals surface area contributed by atoms with Gasteiger partial charge in [-0.05, 0) is 93.7 Å². The van der Waals surface area contributed by atoms with E-state index in [1.807, 2.05) is 18.3 Å². The topological polar surface area (TPSA) is 48.8 Å². The van der Waals surface area contributed by atoms with Crippen LogP contribution < -0.4 is 4.74 Å². The summed E-state index contributed by atoms with van der Waals surface area (Å²) in [6.07, 6.45) is 4.82. The maximum absolute atomic E-state index is 13.4. The largest absolute Gasteiger partial charge is 0.497 e. The summed E-state index contributed by atoms with van der Waals surface area (Å²) in [4.78, 5) is 9.00. The standard InChI is InChI=1S/C30H35F2N3O2/c1-34(2)30(27-10-12-33-29-8-7-26(37-3)18-28(27)29)9-6-22-11-14-35(19-23(22)20-36)13-4-5-21-15-24(31)17-25(32)16-21/h7-8,10,12,15-18,22-23,30,36H,6,9,11,13-14,19-20H2,1-3H3/t22-,23-,30?/m1/s1. The van der Waals surface area contributed by atoms with E-state index in [1.165, 1.54) is 17.7 Å². The van der Waals surface area contributed by atoms with Gasteiger partial charge in [0.1, 0.15) is 17.4 Å². The minimum absolute atomic E-state index is 0.131. The van der Waals surface area contributed by atoms with E-state index in [0.717, 1.165) is 55.1 Å². The summed E-state index contributed by atoms with van der Waals surface area (Å²) in [5.41, 5.74) is 2.52. The molecule has 1 aromatic heterocycles. The van der Waals surface area contributed by atoms with E-state index >= 15 is 0 Å². The lowest BCUT2D eigenvalue weighted by Gasteiger charge is -2.38. The van der Waals surface area contributed by atoms with E-state index in [2.05, 4.69) is 52.9 Å². The number of fused-ring (bicyclic) bond motifs is 1. The van der Waals surface area contributed by atoms with Crippen LogP contribution in [0.2, 0.25) is 0 Å². The first-order valence-corrected chi connectivity index (χ1v) is 12.7. The summed E-state index contributed by atoms with van der Waals surface area (Å²) in [6, 6.07) is 11.6. The second-order valence-electron chi connectivity index (χ2n) is 10.0. The zero-order chi connectivity index (χ0) is 26.4. The Bertz CT molecular complexity index is 1250. The Morgan fingerprint density at radius 2 is 1.92 bits per heavy atom. The van der Waals surface area contributed by atoms with E-state index in [0.29, 0.717) is 18.0 Å². The maximum Gasteiger partial charge on any atom is 0.127 e. The highest BCUT2D eigenvalue weighted by atomic mass is 19.1. The molecule has 0 aliphatic carbocycles. The summed E-state index contributed by atoms with van der Waals surface area (Å²) in [7, 11) is 5.88. The number of aromatic nitrogens is 1. The van der Waals surface area contributed by atoms with Crippen LogP contribution in [-0.4, -0.2) is 67.3 Å². The average Bonchev–Trinajstić information content (AvgIpc) is 2.88. The molecule has 1 unspecified atom stereocenters. The lowest BCUT2D eigenvalue weighted by Crippen LogP contribution is -2.42. The Morgan fingerprint density at radius 1 is 1.14 bits per heavy atom. The highest BCUT2D eigenvalue weighted by molar-refractivity contribution is 5.84. The smallest absolute Gasteiger partial charge is 0.127 e. The monoisotopic (exact) mass is 507 g/mol. The van der Waals surface area contributed by atoms with Crippen molar-refractivity contribution in [1.82, 2.24) is 14.8 Å². The zero-order valence-electron chi connectivity index (χ0n) is 21.8. The summed E-state index contributed by atoms with van der Waals surface area (Å²) in [5.74, 6) is 6.04. The third kappa shape index (κ3) is 6.84. The Labute approximate surface area is 218 Å². The van der Waals surface area contributed by atoms with Crippen molar-refractivity contribution >= 4 is 10.9 Å². The summed E-state index contributed by atoms with van der Waals surface area (Å²) >= 11 is 0. The van der Waals surface area contributed by atoms with Gasteiger partial charge in [0.2, 0.25) is 0 Å². The molecule has 1 N–H and O–H groups in total. The van der Waals surface area contributed by atoms with Gasteiger partial charge >= 0.3 is 0 Å². The number of rotatable bonds is 8. The third-order valence-electron chi connectivity index (χ3n) is 7.38. The molecule has 1 fully saturated rings. The molecule has 196 valence electrons. The molecule has 5 nitrogen and oxygen atoms in total. The highest BCUT2D eigenvalue weighted by Gasteiger charge is 2.29. The molecule has 4 rings (SSSR count). The number of piperidine rings is 1. The van der Waals surface area contributed by atoms with Crippen LogP contribution in [-0.2, 0) is 0 Å².